The average molecular weight is 317 g/mol. The van der Waals surface area contributed by atoms with E-state index in [1.165, 1.54) is 90.6 Å². The quantitative estimate of drug-likeness (QED) is 0.326. The molecule has 0 aromatic carbocycles. The fourth-order valence-electron chi connectivity index (χ4n) is 2.82. The van der Waals surface area contributed by atoms with Crippen LogP contribution in [0, 0.1) is 0 Å². The van der Waals surface area contributed by atoms with Crippen molar-refractivity contribution in [2.24, 2.45) is 0 Å². The fraction of sp³-hybridized carbons (Fsp3) is 1.00. The van der Waals surface area contributed by atoms with Crippen LogP contribution in [0.5, 0.6) is 0 Å². The summed E-state index contributed by atoms with van der Waals surface area (Å²) in [4.78, 5) is 5.16. The van der Waals surface area contributed by atoms with Crippen molar-refractivity contribution in [2.45, 2.75) is 72.1 Å². The zero-order valence-corrected chi connectivity index (χ0v) is 15.8. The van der Waals surface area contributed by atoms with Gasteiger partial charge in [-0.2, -0.15) is 12.6 Å². The lowest BCUT2D eigenvalue weighted by atomic mass is 10.1. The molecule has 0 aromatic rings. The summed E-state index contributed by atoms with van der Waals surface area (Å²) in [5, 5.41) is 0. The van der Waals surface area contributed by atoms with Crippen molar-refractivity contribution in [2.75, 3.05) is 45.0 Å². The molecule has 0 aliphatic rings. The predicted octanol–water partition coefficient (Wildman–Crippen LogP) is 4.70. The molecule has 0 heterocycles. The Hall–Kier alpha value is 0.270. The number of nitrogens with zero attached hydrogens (tertiary/aromatic N) is 2. The van der Waals surface area contributed by atoms with E-state index in [0.29, 0.717) is 0 Å². The molecule has 21 heavy (non-hydrogen) atoms. The van der Waals surface area contributed by atoms with Gasteiger partial charge in [0, 0.05) is 0 Å². The van der Waals surface area contributed by atoms with Crippen LogP contribution in [0.3, 0.4) is 0 Å². The second-order valence-electron chi connectivity index (χ2n) is 6.01. The summed E-state index contributed by atoms with van der Waals surface area (Å²) in [6, 6.07) is 0. The van der Waals surface area contributed by atoms with Crippen LogP contribution in [0.25, 0.3) is 0 Å². The Kier molecular flexibility index (Phi) is 16.9. The largest absolute Gasteiger partial charge is 0.304 e. The SMILES string of the molecule is CCN(CC)CCCN(CC)CCCCCCCCCS. The molecule has 0 spiro atoms. The lowest BCUT2D eigenvalue weighted by Crippen LogP contribution is -2.30. The first-order chi connectivity index (χ1) is 10.3. The third-order valence-corrected chi connectivity index (χ3v) is 4.74. The summed E-state index contributed by atoms with van der Waals surface area (Å²) < 4.78 is 0. The maximum atomic E-state index is 4.26. The van der Waals surface area contributed by atoms with E-state index in [0.717, 1.165) is 5.75 Å². The zero-order valence-electron chi connectivity index (χ0n) is 14.9. The summed E-state index contributed by atoms with van der Waals surface area (Å²) in [5.41, 5.74) is 0. The summed E-state index contributed by atoms with van der Waals surface area (Å²) in [7, 11) is 0. The van der Waals surface area contributed by atoms with Crippen molar-refractivity contribution < 1.29 is 0 Å². The molecule has 0 aliphatic carbocycles. The normalized spacial score (nSPS) is 11.7. The third-order valence-electron chi connectivity index (χ3n) is 4.42. The van der Waals surface area contributed by atoms with Crippen molar-refractivity contribution in [1.82, 2.24) is 9.80 Å². The van der Waals surface area contributed by atoms with Gasteiger partial charge < -0.3 is 9.80 Å². The standard InChI is InChI=1S/C18H40N2S/c1-4-19(5-2)16-14-17-20(6-3)15-12-10-8-7-9-11-13-18-21/h21H,4-18H2,1-3H3. The van der Waals surface area contributed by atoms with Crippen LogP contribution in [0.2, 0.25) is 0 Å². The minimum Gasteiger partial charge on any atom is -0.304 e. The van der Waals surface area contributed by atoms with Crippen LogP contribution in [-0.2, 0) is 0 Å². The van der Waals surface area contributed by atoms with E-state index in [-0.39, 0.29) is 0 Å². The molecule has 0 bridgehead atoms. The summed E-state index contributed by atoms with van der Waals surface area (Å²) >= 11 is 4.26. The topological polar surface area (TPSA) is 6.48 Å². The first kappa shape index (κ1) is 21.3. The van der Waals surface area contributed by atoms with Gasteiger partial charge in [-0.3, -0.25) is 0 Å². The van der Waals surface area contributed by atoms with Crippen molar-refractivity contribution in [3.63, 3.8) is 0 Å². The van der Waals surface area contributed by atoms with E-state index < -0.39 is 0 Å². The van der Waals surface area contributed by atoms with Gasteiger partial charge in [-0.05, 0) is 64.3 Å². The highest BCUT2D eigenvalue weighted by Gasteiger charge is 2.04. The Balaban J connectivity index is 3.44. The van der Waals surface area contributed by atoms with Crippen LogP contribution in [-0.4, -0.2) is 54.8 Å². The summed E-state index contributed by atoms with van der Waals surface area (Å²) in [6.45, 7) is 14.2. The van der Waals surface area contributed by atoms with Crippen LogP contribution in [0.4, 0.5) is 0 Å². The molecule has 2 nitrogen and oxygen atoms in total. The molecule has 0 aliphatic heterocycles. The molecule has 0 unspecified atom stereocenters. The number of hydrogen-bond acceptors (Lipinski definition) is 3. The van der Waals surface area contributed by atoms with Gasteiger partial charge in [0.15, 0.2) is 0 Å². The van der Waals surface area contributed by atoms with E-state index in [2.05, 4.69) is 43.2 Å². The Morgan fingerprint density at radius 2 is 0.952 bits per heavy atom. The van der Waals surface area contributed by atoms with Gasteiger partial charge in [-0.25, -0.2) is 0 Å². The van der Waals surface area contributed by atoms with Gasteiger partial charge in [0.25, 0.3) is 0 Å². The first-order valence-corrected chi connectivity index (χ1v) is 9.97. The second kappa shape index (κ2) is 16.6. The molecule has 3 heteroatoms. The number of unbranched alkanes of at least 4 members (excludes halogenated alkanes) is 6. The fourth-order valence-corrected chi connectivity index (χ4v) is 3.04. The maximum Gasteiger partial charge on any atom is -0.000666 e. The summed E-state index contributed by atoms with van der Waals surface area (Å²) in [5.74, 6) is 1.05. The Morgan fingerprint density at radius 1 is 0.524 bits per heavy atom. The number of thiol groups is 1. The van der Waals surface area contributed by atoms with Crippen LogP contribution < -0.4 is 0 Å². The van der Waals surface area contributed by atoms with Crippen molar-refractivity contribution in [3.8, 4) is 0 Å². The van der Waals surface area contributed by atoms with Gasteiger partial charge in [0.05, 0.1) is 0 Å². The molecule has 0 amide bonds. The lowest BCUT2D eigenvalue weighted by molar-refractivity contribution is 0.240. The first-order valence-electron chi connectivity index (χ1n) is 9.33. The Morgan fingerprint density at radius 3 is 1.48 bits per heavy atom. The van der Waals surface area contributed by atoms with Gasteiger partial charge in [0.2, 0.25) is 0 Å². The molecule has 0 radical (unpaired) electrons. The smallest absolute Gasteiger partial charge is 0.000666 e. The third kappa shape index (κ3) is 13.6. The predicted molar refractivity (Wildman–Crippen MR) is 101 cm³/mol. The number of hydrogen-bond donors (Lipinski definition) is 1. The molecule has 0 atom stereocenters. The Bertz CT molecular complexity index is 196. The minimum atomic E-state index is 1.05. The van der Waals surface area contributed by atoms with E-state index >= 15 is 0 Å². The monoisotopic (exact) mass is 316 g/mol. The Labute approximate surface area is 140 Å². The molecule has 0 rings (SSSR count). The highest BCUT2D eigenvalue weighted by atomic mass is 32.1. The molecular weight excluding hydrogens is 276 g/mol. The molecule has 0 aromatic heterocycles. The minimum absolute atomic E-state index is 1.05. The summed E-state index contributed by atoms with van der Waals surface area (Å²) in [6.07, 6.45) is 11.0. The van der Waals surface area contributed by atoms with Crippen LogP contribution in [0.1, 0.15) is 72.1 Å². The maximum absolute atomic E-state index is 4.26. The van der Waals surface area contributed by atoms with Gasteiger partial charge in [-0.1, -0.05) is 52.9 Å². The molecule has 0 saturated heterocycles. The van der Waals surface area contributed by atoms with Gasteiger partial charge in [-0.15, -0.1) is 0 Å². The van der Waals surface area contributed by atoms with Crippen LogP contribution >= 0.6 is 12.6 Å². The van der Waals surface area contributed by atoms with Gasteiger partial charge in [0.1, 0.15) is 0 Å². The lowest BCUT2D eigenvalue weighted by Gasteiger charge is -2.23. The second-order valence-corrected chi connectivity index (χ2v) is 6.46. The number of rotatable bonds is 16. The molecular formula is C18H40N2S. The van der Waals surface area contributed by atoms with Crippen LogP contribution in [0.15, 0.2) is 0 Å². The molecule has 0 fully saturated rings. The van der Waals surface area contributed by atoms with E-state index in [9.17, 15) is 0 Å². The van der Waals surface area contributed by atoms with E-state index in [1.807, 2.05) is 0 Å². The molecule has 0 saturated carbocycles. The zero-order chi connectivity index (χ0) is 15.8. The van der Waals surface area contributed by atoms with E-state index in [1.54, 1.807) is 0 Å². The van der Waals surface area contributed by atoms with Crippen molar-refractivity contribution in [1.29, 1.82) is 0 Å². The molecule has 0 N–H and O–H groups in total. The molecule has 128 valence electrons. The van der Waals surface area contributed by atoms with E-state index in [4.69, 9.17) is 0 Å². The van der Waals surface area contributed by atoms with Gasteiger partial charge >= 0.3 is 0 Å². The van der Waals surface area contributed by atoms with Crippen molar-refractivity contribution in [3.05, 3.63) is 0 Å². The average Bonchev–Trinajstić information content (AvgIpc) is 2.52. The van der Waals surface area contributed by atoms with Crippen molar-refractivity contribution >= 4 is 12.6 Å². The highest BCUT2D eigenvalue weighted by Crippen LogP contribution is 2.08. The highest BCUT2D eigenvalue weighted by molar-refractivity contribution is 7.80.